The minimum absolute atomic E-state index is 0.163. The lowest BCUT2D eigenvalue weighted by atomic mass is 9.98. The van der Waals surface area contributed by atoms with Crippen LogP contribution in [0.5, 0.6) is 0 Å². The summed E-state index contributed by atoms with van der Waals surface area (Å²) in [5, 5.41) is 3.54. The van der Waals surface area contributed by atoms with Crippen molar-refractivity contribution >= 4 is 11.3 Å². The van der Waals surface area contributed by atoms with Gasteiger partial charge in [-0.2, -0.15) is 0 Å². The van der Waals surface area contributed by atoms with E-state index in [1.54, 1.807) is 0 Å². The summed E-state index contributed by atoms with van der Waals surface area (Å²) in [7, 11) is 2.18. The first-order valence-corrected chi connectivity index (χ1v) is 7.39. The minimum atomic E-state index is 0.163. The fraction of sp³-hybridized carbons (Fsp3) is 0.769. The minimum Gasteiger partial charge on any atom is -0.304 e. The van der Waals surface area contributed by atoms with Crippen molar-refractivity contribution in [1.82, 2.24) is 20.3 Å². The van der Waals surface area contributed by atoms with Crippen LogP contribution in [0.1, 0.15) is 30.7 Å². The lowest BCUT2D eigenvalue weighted by Gasteiger charge is -2.32. The first kappa shape index (κ1) is 13.9. The first-order valence-electron chi connectivity index (χ1n) is 6.57. The molecular weight excluding hydrogens is 244 g/mol. The maximum atomic E-state index is 4.52. The van der Waals surface area contributed by atoms with Crippen molar-refractivity contribution in [2.24, 2.45) is 0 Å². The number of piperazine rings is 1. The van der Waals surface area contributed by atoms with E-state index in [2.05, 4.69) is 48.1 Å². The molecule has 1 aliphatic rings. The van der Waals surface area contributed by atoms with E-state index >= 15 is 0 Å². The third-order valence-corrected chi connectivity index (χ3v) is 4.60. The number of likely N-dealkylation sites (N-methyl/N-ethyl adjacent to an activating group) is 1. The molecule has 102 valence electrons. The monoisotopic (exact) mass is 268 g/mol. The highest BCUT2D eigenvalue weighted by Gasteiger charge is 2.18. The zero-order chi connectivity index (χ0) is 13.2. The van der Waals surface area contributed by atoms with Gasteiger partial charge < -0.3 is 4.90 Å². The number of nitrogens with zero attached hydrogens (tertiary/aromatic N) is 3. The largest absolute Gasteiger partial charge is 0.304 e. The second kappa shape index (κ2) is 5.65. The summed E-state index contributed by atoms with van der Waals surface area (Å²) >= 11 is 1.82. The van der Waals surface area contributed by atoms with Gasteiger partial charge in [-0.05, 0) is 7.05 Å². The molecule has 5 heteroatoms. The van der Waals surface area contributed by atoms with Crippen LogP contribution < -0.4 is 5.43 Å². The molecule has 2 rings (SSSR count). The van der Waals surface area contributed by atoms with Gasteiger partial charge in [-0.3, -0.25) is 0 Å². The normalized spacial score (nSPS) is 19.3. The number of rotatable bonds is 3. The second-order valence-electron chi connectivity index (χ2n) is 6.01. The van der Waals surface area contributed by atoms with Crippen LogP contribution in [0.4, 0.5) is 0 Å². The third kappa shape index (κ3) is 3.75. The summed E-state index contributed by atoms with van der Waals surface area (Å²) in [6.45, 7) is 12.0. The van der Waals surface area contributed by atoms with Crippen LogP contribution in [0.25, 0.3) is 0 Å². The molecule has 0 radical (unpaired) electrons. The topological polar surface area (TPSA) is 31.4 Å². The molecule has 0 atom stereocenters. The Bertz CT molecular complexity index is 375. The predicted octanol–water partition coefficient (Wildman–Crippen LogP) is 1.69. The molecule has 1 aromatic rings. The van der Waals surface area contributed by atoms with E-state index in [0.717, 1.165) is 32.7 Å². The van der Waals surface area contributed by atoms with E-state index in [4.69, 9.17) is 0 Å². The molecule has 0 bridgehead atoms. The van der Waals surface area contributed by atoms with Crippen LogP contribution >= 0.6 is 11.3 Å². The summed E-state index contributed by atoms with van der Waals surface area (Å²) in [5.41, 5.74) is 3.66. The molecule has 1 aromatic heterocycles. The lowest BCUT2D eigenvalue weighted by Crippen LogP contribution is -2.50. The van der Waals surface area contributed by atoms with Crippen molar-refractivity contribution in [1.29, 1.82) is 0 Å². The Morgan fingerprint density at radius 2 is 1.94 bits per heavy atom. The number of hydrogen-bond donors (Lipinski definition) is 1. The van der Waals surface area contributed by atoms with Crippen molar-refractivity contribution < 1.29 is 0 Å². The maximum absolute atomic E-state index is 4.52. The fourth-order valence-corrected chi connectivity index (χ4v) is 2.79. The molecule has 0 spiro atoms. The summed E-state index contributed by atoms with van der Waals surface area (Å²) < 4.78 is 0. The molecule has 1 fully saturated rings. The number of hydrogen-bond acceptors (Lipinski definition) is 5. The molecule has 0 saturated carbocycles. The molecule has 1 N–H and O–H groups in total. The molecule has 0 aliphatic carbocycles. The van der Waals surface area contributed by atoms with Crippen LogP contribution in [-0.2, 0) is 12.0 Å². The van der Waals surface area contributed by atoms with Gasteiger partial charge in [0.2, 0.25) is 0 Å². The quantitative estimate of drug-likeness (QED) is 0.904. The molecule has 0 aromatic carbocycles. The van der Waals surface area contributed by atoms with E-state index in [1.165, 1.54) is 9.88 Å². The number of thiazole rings is 1. The van der Waals surface area contributed by atoms with Crippen molar-refractivity contribution in [3.05, 3.63) is 16.1 Å². The molecule has 4 nitrogen and oxygen atoms in total. The summed E-state index contributed by atoms with van der Waals surface area (Å²) in [6.07, 6.45) is 2.01. The van der Waals surface area contributed by atoms with Crippen LogP contribution in [0, 0.1) is 0 Å². The molecule has 0 unspecified atom stereocenters. The predicted molar refractivity (Wildman–Crippen MR) is 76.7 cm³/mol. The Kier molecular flexibility index (Phi) is 4.37. The van der Waals surface area contributed by atoms with Crippen LogP contribution in [0.15, 0.2) is 6.20 Å². The smallest absolute Gasteiger partial charge is 0.0981 e. The van der Waals surface area contributed by atoms with Gasteiger partial charge in [-0.1, -0.05) is 20.8 Å². The second-order valence-corrected chi connectivity index (χ2v) is 7.12. The van der Waals surface area contributed by atoms with E-state index < -0.39 is 0 Å². The average molecular weight is 268 g/mol. The van der Waals surface area contributed by atoms with Crippen LogP contribution in [-0.4, -0.2) is 48.1 Å². The highest BCUT2D eigenvalue weighted by Crippen LogP contribution is 2.26. The number of nitrogens with one attached hydrogen (secondary N) is 1. The Morgan fingerprint density at radius 3 is 2.50 bits per heavy atom. The Hall–Kier alpha value is -0.490. The van der Waals surface area contributed by atoms with Gasteiger partial charge in [0.25, 0.3) is 0 Å². The summed E-state index contributed by atoms with van der Waals surface area (Å²) in [5.74, 6) is 0. The lowest BCUT2D eigenvalue weighted by molar-refractivity contribution is 0.102. The van der Waals surface area contributed by atoms with Gasteiger partial charge in [0.05, 0.1) is 5.01 Å². The van der Waals surface area contributed by atoms with Crippen LogP contribution in [0.2, 0.25) is 0 Å². The average Bonchev–Trinajstić information content (AvgIpc) is 2.77. The molecule has 1 saturated heterocycles. The summed E-state index contributed by atoms with van der Waals surface area (Å²) in [6, 6.07) is 0. The standard InChI is InChI=1S/C13H24N4S/c1-13(2,3)12-14-9-11(18-12)10-15-17-7-5-16(4)6-8-17/h9,15H,5-8,10H2,1-4H3. The van der Waals surface area contributed by atoms with Gasteiger partial charge >= 0.3 is 0 Å². The SMILES string of the molecule is CN1CCN(NCc2cnc(C(C)(C)C)s2)CC1. The molecule has 18 heavy (non-hydrogen) atoms. The number of hydrazine groups is 1. The van der Waals surface area contributed by atoms with Gasteiger partial charge in [0.15, 0.2) is 0 Å². The van der Waals surface area contributed by atoms with E-state index in [9.17, 15) is 0 Å². The zero-order valence-corrected chi connectivity index (χ0v) is 12.7. The van der Waals surface area contributed by atoms with E-state index in [1.807, 2.05) is 17.5 Å². The van der Waals surface area contributed by atoms with Gasteiger partial charge in [-0.15, -0.1) is 11.3 Å². The van der Waals surface area contributed by atoms with Crippen molar-refractivity contribution in [2.45, 2.75) is 32.7 Å². The number of aromatic nitrogens is 1. The maximum Gasteiger partial charge on any atom is 0.0981 e. The van der Waals surface area contributed by atoms with Gasteiger partial charge in [0.1, 0.15) is 0 Å². The molecule has 0 amide bonds. The molecular formula is C13H24N4S. The van der Waals surface area contributed by atoms with Gasteiger partial charge in [-0.25, -0.2) is 15.4 Å². The Balaban J connectivity index is 1.82. The molecule has 1 aliphatic heterocycles. The Morgan fingerprint density at radius 1 is 1.28 bits per heavy atom. The highest BCUT2D eigenvalue weighted by molar-refractivity contribution is 7.11. The van der Waals surface area contributed by atoms with E-state index in [-0.39, 0.29) is 5.41 Å². The highest BCUT2D eigenvalue weighted by atomic mass is 32.1. The van der Waals surface area contributed by atoms with E-state index in [0.29, 0.717) is 0 Å². The van der Waals surface area contributed by atoms with Crippen LogP contribution in [0.3, 0.4) is 0 Å². The zero-order valence-electron chi connectivity index (χ0n) is 11.9. The fourth-order valence-electron chi connectivity index (χ4n) is 1.89. The van der Waals surface area contributed by atoms with Crippen molar-refractivity contribution in [2.75, 3.05) is 33.2 Å². The summed E-state index contributed by atoms with van der Waals surface area (Å²) in [4.78, 5) is 8.20. The molecule has 2 heterocycles. The Labute approximate surface area is 114 Å². The van der Waals surface area contributed by atoms with Crippen molar-refractivity contribution in [3.8, 4) is 0 Å². The van der Waals surface area contributed by atoms with Crippen molar-refractivity contribution in [3.63, 3.8) is 0 Å². The first-order chi connectivity index (χ1) is 8.45. The third-order valence-electron chi connectivity index (χ3n) is 3.18. The van der Waals surface area contributed by atoms with Gasteiger partial charge in [0, 0.05) is 49.2 Å².